The summed E-state index contributed by atoms with van der Waals surface area (Å²) in [6.07, 6.45) is -15.9. The Hall–Kier alpha value is -0.960. The first-order valence-corrected chi connectivity index (χ1v) is 2.98. The summed E-state index contributed by atoms with van der Waals surface area (Å²) in [5.41, 5.74) is -6.88. The summed E-state index contributed by atoms with van der Waals surface area (Å²) in [7, 11) is 0. The van der Waals surface area contributed by atoms with Crippen molar-refractivity contribution >= 4 is 6.29 Å². The second-order valence-corrected chi connectivity index (χ2v) is 2.39. The number of aldehydes is 1. The quantitative estimate of drug-likeness (QED) is 0.542. The van der Waals surface area contributed by atoms with Gasteiger partial charge in [-0.2, -0.15) is 35.1 Å². The largest absolute Gasteiger partial charge is 0.438 e. The molecule has 90 valence electrons. The number of alkyl halides is 9. The highest BCUT2D eigenvalue weighted by molar-refractivity contribution is 5.63. The van der Waals surface area contributed by atoms with Gasteiger partial charge in [-0.3, -0.25) is 4.79 Å². The Kier molecular flexibility index (Phi) is 3.06. The number of rotatable bonds is 2. The summed E-state index contributed by atoms with van der Waals surface area (Å²) in [6, 6.07) is 0. The molecule has 15 heavy (non-hydrogen) atoms. The SMILES string of the molecule is O=CC(F)(F)C(F)(C(F)(F)F)C(F)(F)F. The van der Waals surface area contributed by atoms with E-state index in [2.05, 4.69) is 0 Å². The molecule has 0 aromatic rings. The fraction of sp³-hybridized carbons (Fsp3) is 0.800. The van der Waals surface area contributed by atoms with Crippen molar-refractivity contribution in [2.24, 2.45) is 0 Å². The molecule has 0 aliphatic heterocycles. The topological polar surface area (TPSA) is 17.1 Å². The molecular formula is C5HF9O. The highest BCUT2D eigenvalue weighted by Crippen LogP contribution is 2.53. The van der Waals surface area contributed by atoms with Gasteiger partial charge >= 0.3 is 23.9 Å². The predicted molar refractivity (Wildman–Crippen MR) is 27.0 cm³/mol. The van der Waals surface area contributed by atoms with Crippen LogP contribution < -0.4 is 0 Å². The third-order valence-corrected chi connectivity index (χ3v) is 1.39. The molecule has 0 aromatic carbocycles. The van der Waals surface area contributed by atoms with Gasteiger partial charge in [0.2, 0.25) is 0 Å². The van der Waals surface area contributed by atoms with Gasteiger partial charge in [-0.25, -0.2) is 4.39 Å². The minimum absolute atomic E-state index is 2.03. The summed E-state index contributed by atoms with van der Waals surface area (Å²) in [5, 5.41) is 0. The van der Waals surface area contributed by atoms with Crippen LogP contribution in [0.5, 0.6) is 0 Å². The molecule has 0 aliphatic carbocycles. The predicted octanol–water partition coefficient (Wildman–Crippen LogP) is 2.65. The molecule has 0 N–H and O–H groups in total. The van der Waals surface area contributed by atoms with Crippen molar-refractivity contribution in [1.82, 2.24) is 0 Å². The van der Waals surface area contributed by atoms with Crippen LogP contribution in [0.1, 0.15) is 0 Å². The molecule has 0 aromatic heterocycles. The van der Waals surface area contributed by atoms with Crippen molar-refractivity contribution in [2.45, 2.75) is 23.9 Å². The van der Waals surface area contributed by atoms with Crippen LogP contribution in [-0.4, -0.2) is 30.2 Å². The molecule has 0 radical (unpaired) electrons. The smallest absolute Gasteiger partial charge is 0.297 e. The van der Waals surface area contributed by atoms with Gasteiger partial charge in [-0.05, 0) is 0 Å². The van der Waals surface area contributed by atoms with E-state index in [4.69, 9.17) is 0 Å². The molecule has 0 saturated carbocycles. The van der Waals surface area contributed by atoms with E-state index in [0.717, 1.165) is 0 Å². The molecule has 0 rings (SSSR count). The third kappa shape index (κ3) is 1.88. The van der Waals surface area contributed by atoms with Crippen molar-refractivity contribution in [3.63, 3.8) is 0 Å². The lowest BCUT2D eigenvalue weighted by Crippen LogP contribution is -2.65. The molecule has 0 heterocycles. The molecule has 0 aliphatic rings. The highest BCUT2D eigenvalue weighted by atomic mass is 19.4. The Bertz CT molecular complexity index is 234. The fourth-order valence-electron chi connectivity index (χ4n) is 0.620. The van der Waals surface area contributed by atoms with Crippen LogP contribution in [-0.2, 0) is 4.79 Å². The van der Waals surface area contributed by atoms with Gasteiger partial charge < -0.3 is 0 Å². The number of hydrogen-bond acceptors (Lipinski definition) is 1. The minimum Gasteiger partial charge on any atom is -0.297 e. The van der Waals surface area contributed by atoms with Gasteiger partial charge in [0.05, 0.1) is 0 Å². The summed E-state index contributed by atoms with van der Waals surface area (Å²) < 4.78 is 106. The second kappa shape index (κ2) is 3.27. The van der Waals surface area contributed by atoms with Crippen molar-refractivity contribution in [3.8, 4) is 0 Å². The summed E-state index contributed by atoms with van der Waals surface area (Å²) in [5.74, 6) is -6.23. The van der Waals surface area contributed by atoms with Crippen LogP contribution in [0, 0.1) is 0 Å². The Morgan fingerprint density at radius 1 is 0.667 bits per heavy atom. The van der Waals surface area contributed by atoms with E-state index in [-0.39, 0.29) is 0 Å². The number of halogens is 9. The molecular weight excluding hydrogens is 247 g/mol. The maximum atomic E-state index is 12.4. The van der Waals surface area contributed by atoms with Gasteiger partial charge in [0.1, 0.15) is 0 Å². The lowest BCUT2D eigenvalue weighted by atomic mass is 9.97. The average molecular weight is 248 g/mol. The lowest BCUT2D eigenvalue weighted by molar-refractivity contribution is -0.385. The van der Waals surface area contributed by atoms with E-state index in [1.54, 1.807) is 0 Å². The number of carbonyl (C=O) groups excluding carboxylic acids is 1. The van der Waals surface area contributed by atoms with Crippen molar-refractivity contribution in [3.05, 3.63) is 0 Å². The maximum Gasteiger partial charge on any atom is 0.438 e. The zero-order valence-corrected chi connectivity index (χ0v) is 6.39. The van der Waals surface area contributed by atoms with E-state index < -0.39 is 30.2 Å². The van der Waals surface area contributed by atoms with Gasteiger partial charge in [0, 0.05) is 0 Å². The fourth-order valence-corrected chi connectivity index (χ4v) is 0.620. The first-order chi connectivity index (χ1) is 6.31. The Morgan fingerprint density at radius 2 is 0.933 bits per heavy atom. The van der Waals surface area contributed by atoms with Gasteiger partial charge in [-0.1, -0.05) is 0 Å². The van der Waals surface area contributed by atoms with Crippen LogP contribution >= 0.6 is 0 Å². The zero-order valence-electron chi connectivity index (χ0n) is 6.39. The van der Waals surface area contributed by atoms with Crippen molar-refractivity contribution in [1.29, 1.82) is 0 Å². The van der Waals surface area contributed by atoms with E-state index in [9.17, 15) is 44.3 Å². The molecule has 1 nitrogen and oxygen atoms in total. The standard InChI is InChI=1S/C5HF9O/c6-2(7,1-15)3(8,4(9,10)11)5(12,13)14/h1H. The minimum atomic E-state index is -6.95. The van der Waals surface area contributed by atoms with Crippen LogP contribution in [0.25, 0.3) is 0 Å². The Balaban J connectivity index is 5.75. The van der Waals surface area contributed by atoms with Crippen molar-refractivity contribution < 1.29 is 44.3 Å². The molecule has 0 fully saturated rings. The highest BCUT2D eigenvalue weighted by Gasteiger charge is 2.84. The zero-order chi connectivity index (χ0) is 12.7. The van der Waals surface area contributed by atoms with Crippen LogP contribution in [0.3, 0.4) is 0 Å². The Morgan fingerprint density at radius 3 is 1.00 bits per heavy atom. The van der Waals surface area contributed by atoms with Crippen LogP contribution in [0.4, 0.5) is 39.5 Å². The molecule has 10 heteroatoms. The summed E-state index contributed by atoms with van der Waals surface area (Å²) in [6.45, 7) is 0. The molecule has 0 atom stereocenters. The molecule has 0 saturated heterocycles. The van der Waals surface area contributed by atoms with Gasteiger partial charge in [-0.15, -0.1) is 0 Å². The van der Waals surface area contributed by atoms with E-state index in [1.807, 2.05) is 0 Å². The molecule has 0 spiro atoms. The number of hydrogen-bond donors (Lipinski definition) is 0. The third-order valence-electron chi connectivity index (χ3n) is 1.39. The lowest BCUT2D eigenvalue weighted by Gasteiger charge is -2.33. The van der Waals surface area contributed by atoms with Gasteiger partial charge in [0.15, 0.2) is 6.29 Å². The first-order valence-electron chi connectivity index (χ1n) is 2.98. The Labute approximate surface area is 75.9 Å². The monoisotopic (exact) mass is 248 g/mol. The van der Waals surface area contributed by atoms with Gasteiger partial charge in [0.25, 0.3) is 0 Å². The van der Waals surface area contributed by atoms with E-state index in [0.29, 0.717) is 0 Å². The second-order valence-electron chi connectivity index (χ2n) is 2.39. The van der Waals surface area contributed by atoms with Crippen molar-refractivity contribution in [2.75, 3.05) is 0 Å². The van der Waals surface area contributed by atoms with E-state index >= 15 is 0 Å². The molecule has 0 amide bonds. The van der Waals surface area contributed by atoms with Crippen LogP contribution in [0.15, 0.2) is 0 Å². The first kappa shape index (κ1) is 14.0. The number of carbonyl (C=O) groups is 1. The van der Waals surface area contributed by atoms with E-state index in [1.165, 1.54) is 0 Å². The maximum absolute atomic E-state index is 12.4. The average Bonchev–Trinajstić information content (AvgIpc) is 1.98. The van der Waals surface area contributed by atoms with Crippen LogP contribution in [0.2, 0.25) is 0 Å². The normalized spacial score (nSPS) is 15.3. The molecule has 0 bridgehead atoms. The summed E-state index contributed by atoms with van der Waals surface area (Å²) in [4.78, 5) is 9.38. The summed E-state index contributed by atoms with van der Waals surface area (Å²) >= 11 is 0. The molecule has 0 unspecified atom stereocenters.